The number of esters is 2. The van der Waals surface area contributed by atoms with E-state index < -0.39 is 51.8 Å². The lowest BCUT2D eigenvalue weighted by atomic mass is 10.0. The molecule has 0 aromatic carbocycles. The number of unbranched alkanes of at least 4 members (excludes halogenated alkanes) is 38. The van der Waals surface area contributed by atoms with E-state index in [0.29, 0.717) is 12.8 Å². The number of ether oxygens (including phenoxy) is 2. The highest BCUT2D eigenvalue weighted by molar-refractivity contribution is 7.47. The summed E-state index contributed by atoms with van der Waals surface area (Å²) < 4.78 is 32.9. The fourth-order valence-corrected chi connectivity index (χ4v) is 8.91. The number of carbonyl (C=O) groups excluding carboxylic acids is 2. The maximum atomic E-state index is 12.7. The van der Waals surface area contributed by atoms with Gasteiger partial charge in [-0.2, -0.15) is 0 Å². The number of phosphoric acid groups is 1. The maximum Gasteiger partial charge on any atom is 0.472 e. The molecule has 0 aromatic heterocycles. The first-order valence-corrected chi connectivity index (χ1v) is 28.5. The molecule has 0 amide bonds. The maximum absolute atomic E-state index is 12.7. The van der Waals surface area contributed by atoms with Gasteiger partial charge in [0.1, 0.15) is 12.7 Å². The molecule has 0 fully saturated rings. The summed E-state index contributed by atoms with van der Waals surface area (Å²) >= 11 is 0. The molecule has 63 heavy (non-hydrogen) atoms. The van der Waals surface area contributed by atoms with Gasteiger partial charge in [-0.05, 0) is 12.8 Å². The third-order valence-electron chi connectivity index (χ3n) is 12.3. The lowest BCUT2D eigenvalue weighted by Crippen LogP contribution is -2.29. The Bertz CT molecular complexity index is 1010. The van der Waals surface area contributed by atoms with Crippen molar-refractivity contribution in [2.75, 3.05) is 26.4 Å². The molecule has 0 spiro atoms. The van der Waals surface area contributed by atoms with Crippen LogP contribution in [0.3, 0.4) is 0 Å². The smallest absolute Gasteiger partial charge is 0.462 e. The van der Waals surface area contributed by atoms with Crippen molar-refractivity contribution in [3.63, 3.8) is 0 Å². The molecule has 0 aromatic rings. The van der Waals surface area contributed by atoms with Crippen LogP contribution in [0.5, 0.6) is 0 Å². The molecule has 1 unspecified atom stereocenters. The summed E-state index contributed by atoms with van der Waals surface area (Å²) in [6, 6.07) is 0. The van der Waals surface area contributed by atoms with Gasteiger partial charge in [0, 0.05) is 12.8 Å². The Morgan fingerprint density at radius 3 is 0.984 bits per heavy atom. The van der Waals surface area contributed by atoms with Gasteiger partial charge in [-0.3, -0.25) is 18.6 Å². The van der Waals surface area contributed by atoms with Crippen LogP contribution in [0.2, 0.25) is 0 Å². The first-order chi connectivity index (χ1) is 30.7. The Morgan fingerprint density at radius 1 is 0.413 bits per heavy atom. The minimum atomic E-state index is -4.62. The van der Waals surface area contributed by atoms with Crippen LogP contribution in [0.15, 0.2) is 0 Å². The van der Waals surface area contributed by atoms with Crippen LogP contribution < -0.4 is 0 Å². The van der Waals surface area contributed by atoms with Crippen LogP contribution in [-0.2, 0) is 32.7 Å². The predicted octanol–water partition coefficient (Wildman–Crippen LogP) is 15.4. The molecular weight excluding hydrogens is 816 g/mol. The first kappa shape index (κ1) is 62.0. The molecule has 0 saturated carbocycles. The van der Waals surface area contributed by atoms with Gasteiger partial charge in [0.25, 0.3) is 0 Å². The molecule has 376 valence electrons. The van der Waals surface area contributed by atoms with Crippen LogP contribution in [0, 0.1) is 0 Å². The van der Waals surface area contributed by atoms with E-state index in [4.69, 9.17) is 23.6 Å². The largest absolute Gasteiger partial charge is 0.472 e. The molecular formula is C52H103O10P. The number of aliphatic hydroxyl groups excluding tert-OH is 2. The quantitative estimate of drug-likeness (QED) is 0.0306. The van der Waals surface area contributed by atoms with Gasteiger partial charge < -0.3 is 24.6 Å². The van der Waals surface area contributed by atoms with Crippen molar-refractivity contribution in [1.29, 1.82) is 0 Å². The highest BCUT2D eigenvalue weighted by atomic mass is 31.2. The number of hydrogen-bond donors (Lipinski definition) is 3. The molecule has 0 saturated heterocycles. The van der Waals surface area contributed by atoms with E-state index in [1.54, 1.807) is 0 Å². The standard InChI is InChI=1S/C52H103O10P/c1-3-5-7-9-11-13-15-17-19-21-23-25-27-29-31-33-35-37-39-41-43-51(55)59-47-50(48-61-63(57,58)60-46-49(54)45-53)62-52(56)44-42-40-38-36-34-32-30-28-26-24-22-20-18-16-14-12-10-8-6-4-2/h49-50,53-54H,3-48H2,1-2H3,(H,57,58)/t49-,50+/m0/s1. The topological polar surface area (TPSA) is 149 Å². The van der Waals surface area contributed by atoms with Gasteiger partial charge in [0.2, 0.25) is 0 Å². The average molecular weight is 919 g/mol. The predicted molar refractivity (Wildman–Crippen MR) is 261 cm³/mol. The van der Waals surface area contributed by atoms with Gasteiger partial charge >= 0.3 is 19.8 Å². The van der Waals surface area contributed by atoms with Crippen molar-refractivity contribution >= 4 is 19.8 Å². The minimum Gasteiger partial charge on any atom is -0.462 e. The van der Waals surface area contributed by atoms with Crippen LogP contribution in [0.4, 0.5) is 0 Å². The van der Waals surface area contributed by atoms with Crippen molar-refractivity contribution in [2.24, 2.45) is 0 Å². The number of rotatable bonds is 52. The van der Waals surface area contributed by atoms with E-state index in [-0.39, 0.29) is 19.4 Å². The van der Waals surface area contributed by atoms with Gasteiger partial charge in [0.05, 0.1) is 19.8 Å². The third-order valence-corrected chi connectivity index (χ3v) is 13.2. The average Bonchev–Trinajstić information content (AvgIpc) is 3.27. The minimum absolute atomic E-state index is 0.193. The SMILES string of the molecule is CCCCCCCCCCCCCCCCCCCCCCC(=O)OC[C@H](COP(=O)(O)OC[C@@H](O)CO)OC(=O)CCCCCCCCCCCCCCCCCCCCCC. The van der Waals surface area contributed by atoms with E-state index in [0.717, 1.165) is 32.1 Å². The molecule has 3 atom stereocenters. The highest BCUT2D eigenvalue weighted by Crippen LogP contribution is 2.43. The van der Waals surface area contributed by atoms with E-state index >= 15 is 0 Å². The number of phosphoric ester groups is 1. The van der Waals surface area contributed by atoms with Crippen LogP contribution >= 0.6 is 7.82 Å². The number of hydrogen-bond acceptors (Lipinski definition) is 9. The molecule has 0 aliphatic rings. The Hall–Kier alpha value is -1.03. The third kappa shape index (κ3) is 48.7. The summed E-state index contributed by atoms with van der Waals surface area (Å²) in [6.45, 7) is 2.46. The second-order valence-electron chi connectivity index (χ2n) is 18.6. The van der Waals surface area contributed by atoms with Gasteiger partial charge in [-0.1, -0.05) is 258 Å². The molecule has 0 radical (unpaired) electrons. The van der Waals surface area contributed by atoms with Gasteiger partial charge in [0.15, 0.2) is 6.10 Å². The summed E-state index contributed by atoms with van der Waals surface area (Å²) in [5.74, 6) is -0.900. The van der Waals surface area contributed by atoms with Crippen molar-refractivity contribution in [1.82, 2.24) is 0 Å². The normalized spacial score (nSPS) is 13.5. The Kier molecular flexibility index (Phi) is 48.1. The van der Waals surface area contributed by atoms with Crippen molar-refractivity contribution in [3.8, 4) is 0 Å². The monoisotopic (exact) mass is 919 g/mol. The van der Waals surface area contributed by atoms with E-state index in [1.807, 2.05) is 0 Å². The van der Waals surface area contributed by atoms with E-state index in [1.165, 1.54) is 212 Å². The highest BCUT2D eigenvalue weighted by Gasteiger charge is 2.27. The second kappa shape index (κ2) is 48.9. The molecule has 0 aliphatic heterocycles. The second-order valence-corrected chi connectivity index (χ2v) is 20.1. The molecule has 0 aliphatic carbocycles. The zero-order valence-corrected chi connectivity index (χ0v) is 42.2. The zero-order chi connectivity index (χ0) is 46.2. The summed E-state index contributed by atoms with van der Waals surface area (Å²) in [4.78, 5) is 35.2. The number of aliphatic hydroxyl groups is 2. The van der Waals surface area contributed by atoms with E-state index in [2.05, 4.69) is 13.8 Å². The van der Waals surface area contributed by atoms with Gasteiger partial charge in [-0.25, -0.2) is 4.57 Å². The summed E-state index contributed by atoms with van der Waals surface area (Å²) in [5, 5.41) is 18.4. The molecule has 0 heterocycles. The van der Waals surface area contributed by atoms with Crippen LogP contribution in [0.25, 0.3) is 0 Å². The fraction of sp³-hybridized carbons (Fsp3) is 0.962. The van der Waals surface area contributed by atoms with Crippen molar-refractivity contribution in [2.45, 2.75) is 296 Å². The Balaban J connectivity index is 4.09. The molecule has 3 N–H and O–H groups in total. The molecule has 11 heteroatoms. The van der Waals surface area contributed by atoms with Crippen molar-refractivity contribution < 1.29 is 47.8 Å². The van der Waals surface area contributed by atoms with Crippen LogP contribution in [0.1, 0.15) is 284 Å². The zero-order valence-electron chi connectivity index (χ0n) is 41.3. The summed E-state index contributed by atoms with van der Waals surface area (Å²) in [7, 11) is -4.62. The summed E-state index contributed by atoms with van der Waals surface area (Å²) in [6.07, 6.45) is 49.3. The Labute approximate surface area is 388 Å². The summed E-state index contributed by atoms with van der Waals surface area (Å²) in [5.41, 5.74) is 0. The van der Waals surface area contributed by atoms with E-state index in [9.17, 15) is 24.2 Å². The Morgan fingerprint density at radius 2 is 0.683 bits per heavy atom. The lowest BCUT2D eigenvalue weighted by Gasteiger charge is -2.20. The van der Waals surface area contributed by atoms with Crippen molar-refractivity contribution in [3.05, 3.63) is 0 Å². The van der Waals surface area contributed by atoms with Gasteiger partial charge in [-0.15, -0.1) is 0 Å². The molecule has 10 nitrogen and oxygen atoms in total. The lowest BCUT2D eigenvalue weighted by molar-refractivity contribution is -0.161. The fourth-order valence-electron chi connectivity index (χ4n) is 8.12. The van der Waals surface area contributed by atoms with Crippen LogP contribution in [-0.4, -0.2) is 65.7 Å². The number of carbonyl (C=O) groups is 2. The molecule has 0 bridgehead atoms. The molecule has 0 rings (SSSR count). The first-order valence-electron chi connectivity index (χ1n) is 27.0.